The average Bonchev–Trinajstić information content (AvgIpc) is 2.81. The zero-order valence-electron chi connectivity index (χ0n) is 25.0. The third-order valence-electron chi connectivity index (χ3n) is 7.04. The topological polar surface area (TPSA) is 104 Å². The molecule has 1 atom stereocenters. The van der Waals surface area contributed by atoms with Gasteiger partial charge in [-0.3, -0.25) is 9.35 Å². The first-order chi connectivity index (χ1) is 18.1. The number of nitrogens with one attached hydrogen (secondary N) is 1. The van der Waals surface area contributed by atoms with Gasteiger partial charge in [0.2, 0.25) is 5.91 Å². The second-order valence-electron chi connectivity index (χ2n) is 11.7. The third-order valence-corrected chi connectivity index (χ3v) is 7.84. The van der Waals surface area contributed by atoms with Crippen LogP contribution in [0.5, 0.6) is 0 Å². The van der Waals surface area contributed by atoms with E-state index >= 15 is 0 Å². The number of likely N-dealkylation sites (N-methyl/N-ethyl adjacent to an activating group) is 1. The van der Waals surface area contributed by atoms with E-state index in [-0.39, 0.29) is 12.5 Å². The molecule has 0 aromatic rings. The summed E-state index contributed by atoms with van der Waals surface area (Å²) in [5, 5.41) is 12.8. The van der Waals surface area contributed by atoms with Crippen molar-refractivity contribution in [1.82, 2.24) is 5.32 Å². The molecule has 0 rings (SSSR count). The number of allylic oxidation sites excluding steroid dienone is 2. The summed E-state index contributed by atoms with van der Waals surface area (Å²) < 4.78 is 31.0. The fourth-order valence-electron chi connectivity index (χ4n) is 4.84. The van der Waals surface area contributed by atoms with E-state index in [4.69, 9.17) is 4.55 Å². The normalized spacial score (nSPS) is 13.3. The number of aliphatic hydroxyl groups excluding tert-OH is 1. The molecule has 0 radical (unpaired) electrons. The van der Waals surface area contributed by atoms with Crippen LogP contribution in [0, 0.1) is 0 Å². The quantitative estimate of drug-likeness (QED) is 0.0465. The monoisotopic (exact) mass is 561 g/mol. The van der Waals surface area contributed by atoms with E-state index in [1.165, 1.54) is 96.3 Å². The summed E-state index contributed by atoms with van der Waals surface area (Å²) in [4.78, 5) is 12.0. The number of rotatable bonds is 27. The summed E-state index contributed by atoms with van der Waals surface area (Å²) in [5.41, 5.74) is 0. The number of carbonyl (C=O) groups excluding carboxylic acids is 1. The fraction of sp³-hybridized carbons (Fsp3) is 0.900. The van der Waals surface area contributed by atoms with E-state index in [0.29, 0.717) is 24.0 Å². The summed E-state index contributed by atoms with van der Waals surface area (Å²) in [6, 6.07) is 0. The van der Waals surface area contributed by atoms with Crippen LogP contribution in [0.4, 0.5) is 0 Å². The van der Waals surface area contributed by atoms with Crippen molar-refractivity contribution >= 4 is 16.0 Å². The second-order valence-corrected chi connectivity index (χ2v) is 13.2. The number of hydrogen-bond acceptors (Lipinski definition) is 4. The Morgan fingerprint density at radius 3 is 1.76 bits per heavy atom. The summed E-state index contributed by atoms with van der Waals surface area (Å²) in [5.74, 6) is -0.564. The lowest BCUT2D eigenvalue weighted by Gasteiger charge is -2.31. The molecule has 0 saturated carbocycles. The van der Waals surface area contributed by atoms with Gasteiger partial charge in [-0.2, -0.15) is 8.42 Å². The van der Waals surface area contributed by atoms with Crippen LogP contribution >= 0.6 is 0 Å². The maximum Gasteiger partial charge on any atom is 0.267 e. The molecule has 0 fully saturated rings. The highest BCUT2D eigenvalue weighted by molar-refractivity contribution is 7.85. The van der Waals surface area contributed by atoms with Crippen LogP contribution in [-0.4, -0.2) is 74.1 Å². The molecule has 7 nitrogen and oxygen atoms in total. The number of quaternary nitrogens is 1. The Morgan fingerprint density at radius 2 is 1.26 bits per heavy atom. The summed E-state index contributed by atoms with van der Waals surface area (Å²) >= 11 is 0. The van der Waals surface area contributed by atoms with Gasteiger partial charge in [-0.25, -0.2) is 0 Å². The number of carbonyl (C=O) groups is 1. The molecule has 0 spiro atoms. The van der Waals surface area contributed by atoms with Gasteiger partial charge in [-0.05, 0) is 32.1 Å². The van der Waals surface area contributed by atoms with Crippen molar-refractivity contribution in [2.75, 3.05) is 39.5 Å². The average molecular weight is 562 g/mol. The Hall–Kier alpha value is -0.960. The SMILES string of the molecule is CCCCCCCC/C=C\CCCCCCCCCCCC(=O)NCCC[N+](C)(C)CC(O)CS(=O)(=O)O. The number of amides is 1. The number of unbranched alkanes of at least 4 members (excludes halogenated alkanes) is 15. The molecule has 0 bridgehead atoms. The van der Waals surface area contributed by atoms with Crippen LogP contribution in [0.2, 0.25) is 0 Å². The molecule has 0 aromatic carbocycles. The minimum absolute atomic E-state index is 0.0859. The highest BCUT2D eigenvalue weighted by Gasteiger charge is 2.24. The van der Waals surface area contributed by atoms with Gasteiger partial charge in [0.05, 0.1) is 20.6 Å². The number of nitrogens with zero attached hydrogens (tertiary/aromatic N) is 1. The predicted molar refractivity (Wildman–Crippen MR) is 160 cm³/mol. The Bertz CT molecular complexity index is 695. The fourth-order valence-corrected chi connectivity index (χ4v) is 5.44. The van der Waals surface area contributed by atoms with E-state index < -0.39 is 22.0 Å². The Morgan fingerprint density at radius 1 is 0.789 bits per heavy atom. The molecule has 226 valence electrons. The van der Waals surface area contributed by atoms with Crippen LogP contribution in [0.25, 0.3) is 0 Å². The summed E-state index contributed by atoms with van der Waals surface area (Å²) in [6.07, 6.45) is 26.8. The summed E-state index contributed by atoms with van der Waals surface area (Å²) in [7, 11) is -0.392. The van der Waals surface area contributed by atoms with Gasteiger partial charge in [-0.15, -0.1) is 0 Å². The zero-order chi connectivity index (χ0) is 28.5. The maximum atomic E-state index is 12.0. The molecule has 0 aliphatic rings. The first kappa shape index (κ1) is 37.0. The van der Waals surface area contributed by atoms with E-state index in [0.717, 1.165) is 19.3 Å². The van der Waals surface area contributed by atoms with Crippen molar-refractivity contribution in [2.45, 2.75) is 135 Å². The van der Waals surface area contributed by atoms with E-state index in [1.807, 2.05) is 14.1 Å². The van der Waals surface area contributed by atoms with Crippen LogP contribution in [0.3, 0.4) is 0 Å². The minimum atomic E-state index is -4.18. The Kier molecular flexibility index (Phi) is 23.3. The lowest BCUT2D eigenvalue weighted by Crippen LogP contribution is -2.48. The summed E-state index contributed by atoms with van der Waals surface area (Å²) in [6.45, 7) is 3.76. The van der Waals surface area contributed by atoms with Crippen molar-refractivity contribution in [2.24, 2.45) is 0 Å². The number of hydrogen-bond donors (Lipinski definition) is 3. The Balaban J connectivity index is 3.47. The van der Waals surface area contributed by atoms with Crippen molar-refractivity contribution in [3.8, 4) is 0 Å². The van der Waals surface area contributed by atoms with Crippen molar-refractivity contribution in [3.63, 3.8) is 0 Å². The zero-order valence-corrected chi connectivity index (χ0v) is 25.8. The molecule has 3 N–H and O–H groups in total. The molecule has 38 heavy (non-hydrogen) atoms. The molecule has 0 aromatic heterocycles. The molecule has 1 amide bonds. The highest BCUT2D eigenvalue weighted by atomic mass is 32.2. The van der Waals surface area contributed by atoms with Gasteiger partial charge in [0, 0.05) is 19.4 Å². The van der Waals surface area contributed by atoms with Crippen molar-refractivity contribution in [1.29, 1.82) is 0 Å². The van der Waals surface area contributed by atoms with E-state index in [9.17, 15) is 18.3 Å². The third kappa shape index (κ3) is 28.1. The van der Waals surface area contributed by atoms with Gasteiger partial charge in [-0.1, -0.05) is 96.1 Å². The maximum absolute atomic E-state index is 12.0. The van der Waals surface area contributed by atoms with Gasteiger partial charge < -0.3 is 14.9 Å². The van der Waals surface area contributed by atoms with Gasteiger partial charge in [0.1, 0.15) is 18.4 Å². The second kappa shape index (κ2) is 23.9. The smallest absolute Gasteiger partial charge is 0.267 e. The van der Waals surface area contributed by atoms with E-state index in [2.05, 4.69) is 24.4 Å². The minimum Gasteiger partial charge on any atom is -0.386 e. The van der Waals surface area contributed by atoms with Gasteiger partial charge >= 0.3 is 0 Å². The molecule has 0 saturated heterocycles. The molecular formula is C30H61N2O5S+. The molecule has 8 heteroatoms. The van der Waals surface area contributed by atoms with Crippen LogP contribution < -0.4 is 5.32 Å². The number of aliphatic hydroxyl groups is 1. The lowest BCUT2D eigenvalue weighted by atomic mass is 10.1. The highest BCUT2D eigenvalue weighted by Crippen LogP contribution is 2.12. The van der Waals surface area contributed by atoms with Crippen molar-refractivity contribution in [3.05, 3.63) is 12.2 Å². The van der Waals surface area contributed by atoms with Crippen LogP contribution in [0.15, 0.2) is 12.2 Å². The predicted octanol–water partition coefficient (Wildman–Crippen LogP) is 6.42. The molecule has 1 unspecified atom stereocenters. The lowest BCUT2D eigenvalue weighted by molar-refractivity contribution is -0.893. The first-order valence-corrected chi connectivity index (χ1v) is 17.0. The Labute approximate surface area is 235 Å². The molecular weight excluding hydrogens is 500 g/mol. The van der Waals surface area contributed by atoms with E-state index in [1.54, 1.807) is 0 Å². The van der Waals surface area contributed by atoms with Gasteiger partial charge in [0.25, 0.3) is 10.1 Å². The first-order valence-electron chi connectivity index (χ1n) is 15.4. The molecule has 0 aliphatic heterocycles. The van der Waals surface area contributed by atoms with Gasteiger partial charge in [0.15, 0.2) is 0 Å². The largest absolute Gasteiger partial charge is 0.386 e. The molecule has 0 aliphatic carbocycles. The molecule has 0 heterocycles. The van der Waals surface area contributed by atoms with Crippen molar-refractivity contribution < 1.29 is 27.4 Å². The standard InChI is InChI=1S/C30H60N2O5S/c1-4-5-6-7-8-9-10-11-12-13-14-15-16-17-18-19-20-21-22-24-30(34)31-25-23-26-32(2,3)27-29(33)28-38(35,36)37/h11-12,29,33H,4-10,13-28H2,1-3H3,(H-,31,34,35,36,37)/p+1/b12-11-. The van der Waals surface area contributed by atoms with Crippen LogP contribution in [0.1, 0.15) is 129 Å². The van der Waals surface area contributed by atoms with Crippen LogP contribution in [-0.2, 0) is 14.9 Å².